The van der Waals surface area contributed by atoms with Crippen LogP contribution in [0.25, 0.3) is 0 Å². The standard InChI is InChI=1S/C13H21N5/c14-13(16-10-3-1-2-4-10)17-11-5-7-18-8-6-15-12(18)9-11/h6,8,10-11H,1-5,7,9H2,(H3,14,16,17). The molecule has 1 unspecified atom stereocenters. The minimum atomic E-state index is 0.380. The highest BCUT2D eigenvalue weighted by Crippen LogP contribution is 2.20. The number of aromatic nitrogens is 2. The average Bonchev–Trinajstić information content (AvgIpc) is 2.98. The fourth-order valence-electron chi connectivity index (χ4n) is 2.95. The van der Waals surface area contributed by atoms with Crippen LogP contribution in [-0.2, 0) is 13.0 Å². The molecule has 5 heteroatoms. The van der Waals surface area contributed by atoms with Crippen LogP contribution in [0.15, 0.2) is 17.4 Å². The molecule has 0 aromatic carbocycles. The SMILES string of the molecule is NC(=NC1CCCC1)NC1CCn2ccnc2C1. The highest BCUT2D eigenvalue weighted by molar-refractivity contribution is 5.78. The highest BCUT2D eigenvalue weighted by atomic mass is 15.1. The van der Waals surface area contributed by atoms with Crippen molar-refractivity contribution in [1.29, 1.82) is 0 Å². The molecule has 18 heavy (non-hydrogen) atoms. The Labute approximate surface area is 107 Å². The van der Waals surface area contributed by atoms with Gasteiger partial charge in [0.1, 0.15) is 5.82 Å². The Morgan fingerprint density at radius 1 is 1.39 bits per heavy atom. The largest absolute Gasteiger partial charge is 0.370 e. The van der Waals surface area contributed by atoms with Gasteiger partial charge in [-0.3, -0.25) is 4.99 Å². The van der Waals surface area contributed by atoms with Gasteiger partial charge in [0.15, 0.2) is 5.96 Å². The van der Waals surface area contributed by atoms with Crippen LogP contribution in [0, 0.1) is 0 Å². The van der Waals surface area contributed by atoms with Crippen LogP contribution in [0.2, 0.25) is 0 Å². The maximum absolute atomic E-state index is 5.99. The predicted molar refractivity (Wildman–Crippen MR) is 71.4 cm³/mol. The van der Waals surface area contributed by atoms with Crippen molar-refractivity contribution in [2.75, 3.05) is 0 Å². The molecular formula is C13H21N5. The van der Waals surface area contributed by atoms with E-state index in [0.29, 0.717) is 18.0 Å². The molecule has 0 radical (unpaired) electrons. The second-order valence-corrected chi connectivity index (χ2v) is 5.32. The number of guanidine groups is 1. The lowest BCUT2D eigenvalue weighted by molar-refractivity contribution is 0.433. The maximum Gasteiger partial charge on any atom is 0.189 e. The molecule has 1 aromatic heterocycles. The molecule has 2 aliphatic rings. The van der Waals surface area contributed by atoms with E-state index in [1.807, 2.05) is 12.4 Å². The fourth-order valence-corrected chi connectivity index (χ4v) is 2.95. The molecule has 0 saturated heterocycles. The Kier molecular flexibility index (Phi) is 3.21. The normalized spacial score (nSPS) is 25.1. The molecule has 1 fully saturated rings. The highest BCUT2D eigenvalue weighted by Gasteiger charge is 2.20. The van der Waals surface area contributed by atoms with Crippen LogP contribution in [0.5, 0.6) is 0 Å². The van der Waals surface area contributed by atoms with Gasteiger partial charge >= 0.3 is 0 Å². The molecule has 1 saturated carbocycles. The van der Waals surface area contributed by atoms with Crippen LogP contribution in [0.4, 0.5) is 0 Å². The number of aliphatic imine (C=N–C) groups is 1. The van der Waals surface area contributed by atoms with Crippen molar-refractivity contribution in [2.45, 2.75) is 57.2 Å². The third kappa shape index (κ3) is 2.49. The van der Waals surface area contributed by atoms with Crippen LogP contribution >= 0.6 is 0 Å². The van der Waals surface area contributed by atoms with E-state index < -0.39 is 0 Å². The topological polar surface area (TPSA) is 68.2 Å². The summed E-state index contributed by atoms with van der Waals surface area (Å²) in [6.07, 6.45) is 10.9. The minimum absolute atomic E-state index is 0.380. The van der Waals surface area contributed by atoms with Crippen LogP contribution in [0.1, 0.15) is 37.9 Å². The molecule has 0 spiro atoms. The molecule has 1 aliphatic heterocycles. The number of hydrogen-bond acceptors (Lipinski definition) is 2. The molecule has 1 atom stereocenters. The number of nitrogens with two attached hydrogens (primary N) is 1. The van der Waals surface area contributed by atoms with Gasteiger partial charge in [0, 0.05) is 31.4 Å². The summed E-state index contributed by atoms with van der Waals surface area (Å²) in [5.74, 6) is 1.76. The summed E-state index contributed by atoms with van der Waals surface area (Å²) in [6.45, 7) is 1.02. The van der Waals surface area contributed by atoms with Gasteiger partial charge < -0.3 is 15.6 Å². The molecule has 3 N–H and O–H groups in total. The van der Waals surface area contributed by atoms with Gasteiger partial charge in [0.25, 0.3) is 0 Å². The van der Waals surface area contributed by atoms with Crippen molar-refractivity contribution in [3.63, 3.8) is 0 Å². The minimum Gasteiger partial charge on any atom is -0.370 e. The van der Waals surface area contributed by atoms with E-state index in [9.17, 15) is 0 Å². The van der Waals surface area contributed by atoms with Crippen LogP contribution < -0.4 is 11.1 Å². The molecule has 1 aliphatic carbocycles. The Hall–Kier alpha value is -1.52. The number of fused-ring (bicyclic) bond motifs is 1. The summed E-state index contributed by atoms with van der Waals surface area (Å²) in [5, 5.41) is 3.35. The molecule has 2 heterocycles. The first-order valence-corrected chi connectivity index (χ1v) is 6.91. The third-order valence-corrected chi connectivity index (χ3v) is 3.95. The molecule has 3 rings (SSSR count). The summed E-state index contributed by atoms with van der Waals surface area (Å²) < 4.78 is 2.21. The number of hydrogen-bond donors (Lipinski definition) is 2. The van der Waals surface area contributed by atoms with Gasteiger partial charge in [-0.05, 0) is 19.3 Å². The summed E-state index contributed by atoms with van der Waals surface area (Å²) in [4.78, 5) is 8.93. The molecule has 0 bridgehead atoms. The Morgan fingerprint density at radius 3 is 3.06 bits per heavy atom. The second-order valence-electron chi connectivity index (χ2n) is 5.32. The number of rotatable bonds is 2. The van der Waals surface area contributed by atoms with Gasteiger partial charge in [-0.15, -0.1) is 0 Å². The smallest absolute Gasteiger partial charge is 0.189 e. The van der Waals surface area contributed by atoms with Gasteiger partial charge in [-0.1, -0.05) is 12.8 Å². The van der Waals surface area contributed by atoms with Crippen molar-refractivity contribution in [3.8, 4) is 0 Å². The monoisotopic (exact) mass is 247 g/mol. The van der Waals surface area contributed by atoms with Gasteiger partial charge in [-0.2, -0.15) is 0 Å². The van der Waals surface area contributed by atoms with Crippen molar-refractivity contribution < 1.29 is 0 Å². The van der Waals surface area contributed by atoms with Gasteiger partial charge in [0.2, 0.25) is 0 Å². The third-order valence-electron chi connectivity index (χ3n) is 3.95. The quantitative estimate of drug-likeness (QED) is 0.606. The molecular weight excluding hydrogens is 226 g/mol. The van der Waals surface area contributed by atoms with E-state index in [1.54, 1.807) is 0 Å². The Bertz CT molecular complexity index is 430. The lowest BCUT2D eigenvalue weighted by Gasteiger charge is -2.25. The summed E-state index contributed by atoms with van der Waals surface area (Å²) in [6, 6.07) is 0.827. The molecule has 98 valence electrons. The number of imidazole rings is 1. The molecule has 0 amide bonds. The Balaban J connectivity index is 1.57. The van der Waals surface area contributed by atoms with Crippen molar-refractivity contribution >= 4 is 5.96 Å². The fraction of sp³-hybridized carbons (Fsp3) is 0.692. The van der Waals surface area contributed by atoms with Crippen LogP contribution in [0.3, 0.4) is 0 Å². The van der Waals surface area contributed by atoms with E-state index in [1.165, 1.54) is 25.7 Å². The zero-order valence-corrected chi connectivity index (χ0v) is 10.7. The molecule has 1 aromatic rings. The summed E-state index contributed by atoms with van der Waals surface area (Å²) >= 11 is 0. The lowest BCUT2D eigenvalue weighted by Crippen LogP contribution is -2.44. The number of nitrogens with zero attached hydrogens (tertiary/aromatic N) is 3. The van der Waals surface area contributed by atoms with Crippen LogP contribution in [-0.4, -0.2) is 27.6 Å². The lowest BCUT2D eigenvalue weighted by atomic mass is 10.1. The zero-order chi connectivity index (χ0) is 12.4. The van der Waals surface area contributed by atoms with Crippen molar-refractivity contribution in [2.24, 2.45) is 10.7 Å². The summed E-state index contributed by atoms with van der Waals surface area (Å²) in [5.41, 5.74) is 5.99. The first kappa shape index (κ1) is 11.6. The number of nitrogens with one attached hydrogen (secondary N) is 1. The van der Waals surface area contributed by atoms with E-state index in [0.717, 1.165) is 25.2 Å². The van der Waals surface area contributed by atoms with E-state index in [4.69, 9.17) is 5.73 Å². The van der Waals surface area contributed by atoms with Crippen molar-refractivity contribution in [3.05, 3.63) is 18.2 Å². The van der Waals surface area contributed by atoms with Gasteiger partial charge in [-0.25, -0.2) is 4.98 Å². The second kappa shape index (κ2) is 5.00. The van der Waals surface area contributed by atoms with E-state index in [2.05, 4.69) is 19.9 Å². The van der Waals surface area contributed by atoms with E-state index >= 15 is 0 Å². The average molecular weight is 247 g/mol. The number of aryl methyl sites for hydroxylation is 1. The Morgan fingerprint density at radius 2 is 2.22 bits per heavy atom. The maximum atomic E-state index is 5.99. The first-order valence-electron chi connectivity index (χ1n) is 6.91. The zero-order valence-electron chi connectivity index (χ0n) is 10.7. The molecule has 5 nitrogen and oxygen atoms in total. The van der Waals surface area contributed by atoms with E-state index in [-0.39, 0.29) is 0 Å². The van der Waals surface area contributed by atoms with Gasteiger partial charge in [0.05, 0.1) is 6.04 Å². The predicted octanol–water partition coefficient (Wildman–Crippen LogP) is 1.04. The van der Waals surface area contributed by atoms with Crippen molar-refractivity contribution in [1.82, 2.24) is 14.9 Å². The summed E-state index contributed by atoms with van der Waals surface area (Å²) in [7, 11) is 0. The first-order chi connectivity index (χ1) is 8.81.